The van der Waals surface area contributed by atoms with Crippen molar-refractivity contribution in [1.29, 1.82) is 0 Å². The SMILES string of the molecule is CC[C@@H](C)N(C(=O)CSc1nc2sc3c(c2c(=O)n1C)CCCC3)[C@@H](C)CC. The van der Waals surface area contributed by atoms with Crippen LogP contribution in [0.25, 0.3) is 10.2 Å². The summed E-state index contributed by atoms with van der Waals surface area (Å²) in [6, 6.07) is 0.428. The van der Waals surface area contributed by atoms with Crippen LogP contribution in [0.15, 0.2) is 9.95 Å². The molecular weight excluding hydrogens is 390 g/mol. The molecule has 5 nitrogen and oxygen atoms in total. The van der Waals surface area contributed by atoms with Gasteiger partial charge < -0.3 is 4.90 Å². The third kappa shape index (κ3) is 4.01. The average Bonchev–Trinajstić information content (AvgIpc) is 3.07. The fraction of sp³-hybridized carbons (Fsp3) is 0.667. The van der Waals surface area contributed by atoms with E-state index >= 15 is 0 Å². The summed E-state index contributed by atoms with van der Waals surface area (Å²) in [6.07, 6.45) is 6.25. The van der Waals surface area contributed by atoms with E-state index in [1.807, 2.05) is 4.90 Å². The highest BCUT2D eigenvalue weighted by Crippen LogP contribution is 2.34. The van der Waals surface area contributed by atoms with Crippen molar-refractivity contribution in [2.24, 2.45) is 7.05 Å². The maximum Gasteiger partial charge on any atom is 0.262 e. The largest absolute Gasteiger partial charge is 0.337 e. The van der Waals surface area contributed by atoms with Gasteiger partial charge in [-0.05, 0) is 57.9 Å². The summed E-state index contributed by atoms with van der Waals surface area (Å²) in [5, 5.41) is 1.44. The van der Waals surface area contributed by atoms with Crippen LogP contribution in [0.2, 0.25) is 0 Å². The Kier molecular flexibility index (Phi) is 6.86. The van der Waals surface area contributed by atoms with E-state index < -0.39 is 0 Å². The van der Waals surface area contributed by atoms with Crippen LogP contribution in [0, 0.1) is 0 Å². The molecule has 0 aromatic carbocycles. The lowest BCUT2D eigenvalue weighted by atomic mass is 9.97. The Labute approximate surface area is 175 Å². The maximum absolute atomic E-state index is 13.0. The van der Waals surface area contributed by atoms with Crippen LogP contribution < -0.4 is 5.56 Å². The Morgan fingerprint density at radius 1 is 1.21 bits per heavy atom. The van der Waals surface area contributed by atoms with E-state index in [4.69, 9.17) is 4.98 Å². The number of fused-ring (bicyclic) bond motifs is 3. The number of aromatic nitrogens is 2. The van der Waals surface area contributed by atoms with Gasteiger partial charge in [-0.3, -0.25) is 14.2 Å². The standard InChI is InChI=1S/C21H31N3O2S2/c1-6-13(3)24(14(4)7-2)17(25)12-27-21-22-19-18(20(26)23(21)5)15-10-8-9-11-16(15)28-19/h13-14H,6-12H2,1-5H3/t13-,14+. The van der Waals surface area contributed by atoms with Gasteiger partial charge >= 0.3 is 0 Å². The van der Waals surface area contributed by atoms with Crippen molar-refractivity contribution < 1.29 is 4.79 Å². The molecule has 3 rings (SSSR count). The number of nitrogens with zero attached hydrogens (tertiary/aromatic N) is 3. The van der Waals surface area contributed by atoms with Gasteiger partial charge in [0, 0.05) is 24.0 Å². The summed E-state index contributed by atoms with van der Waals surface area (Å²) in [5.41, 5.74) is 1.24. The van der Waals surface area contributed by atoms with E-state index in [1.54, 1.807) is 23.0 Å². The number of aryl methyl sites for hydroxylation is 2. The van der Waals surface area contributed by atoms with Gasteiger partial charge in [0.2, 0.25) is 5.91 Å². The van der Waals surface area contributed by atoms with Gasteiger partial charge in [0.25, 0.3) is 5.56 Å². The van der Waals surface area contributed by atoms with E-state index in [-0.39, 0.29) is 23.6 Å². The number of thiophene rings is 1. The Morgan fingerprint density at radius 2 is 1.86 bits per heavy atom. The van der Waals surface area contributed by atoms with Gasteiger partial charge in [0.15, 0.2) is 5.16 Å². The van der Waals surface area contributed by atoms with E-state index in [2.05, 4.69) is 27.7 Å². The Hall–Kier alpha value is -1.34. The molecule has 0 unspecified atom stereocenters. The molecule has 0 radical (unpaired) electrons. The summed E-state index contributed by atoms with van der Waals surface area (Å²) < 4.78 is 1.62. The van der Waals surface area contributed by atoms with E-state index in [0.29, 0.717) is 10.9 Å². The minimum absolute atomic E-state index is 0.0278. The number of hydrogen-bond acceptors (Lipinski definition) is 5. The average molecular weight is 422 g/mol. The molecule has 0 saturated carbocycles. The summed E-state index contributed by atoms with van der Waals surface area (Å²) in [5.74, 6) is 0.430. The molecule has 2 aromatic rings. The quantitative estimate of drug-likeness (QED) is 0.491. The Bertz CT molecular complexity index is 908. The van der Waals surface area contributed by atoms with E-state index in [0.717, 1.165) is 42.3 Å². The van der Waals surface area contributed by atoms with Crippen molar-refractivity contribution >= 4 is 39.2 Å². The molecule has 2 aromatic heterocycles. The first-order chi connectivity index (χ1) is 13.4. The van der Waals surface area contributed by atoms with Crippen LogP contribution in [0.3, 0.4) is 0 Å². The topological polar surface area (TPSA) is 55.2 Å². The van der Waals surface area contributed by atoms with Crippen molar-refractivity contribution in [3.05, 3.63) is 20.8 Å². The van der Waals surface area contributed by atoms with Crippen molar-refractivity contribution in [1.82, 2.24) is 14.5 Å². The highest BCUT2D eigenvalue weighted by Gasteiger charge is 2.25. The second-order valence-corrected chi connectivity index (χ2v) is 9.78. The first kappa shape index (κ1) is 21.4. The lowest BCUT2D eigenvalue weighted by molar-refractivity contribution is -0.132. The lowest BCUT2D eigenvalue weighted by Crippen LogP contribution is -2.45. The molecule has 0 aliphatic heterocycles. The molecule has 2 atom stereocenters. The molecule has 28 heavy (non-hydrogen) atoms. The van der Waals surface area contributed by atoms with Crippen molar-refractivity contribution in [2.45, 2.75) is 83.5 Å². The Balaban J connectivity index is 1.85. The van der Waals surface area contributed by atoms with Crippen LogP contribution >= 0.6 is 23.1 Å². The number of carbonyl (C=O) groups excluding carboxylic acids is 1. The number of rotatable bonds is 7. The molecule has 7 heteroatoms. The minimum atomic E-state index is 0.0278. The highest BCUT2D eigenvalue weighted by atomic mass is 32.2. The van der Waals surface area contributed by atoms with Crippen LogP contribution in [0.1, 0.15) is 63.8 Å². The normalized spacial score (nSPS) is 16.0. The second-order valence-electron chi connectivity index (χ2n) is 7.75. The molecule has 1 amide bonds. The zero-order valence-corrected chi connectivity index (χ0v) is 19.2. The summed E-state index contributed by atoms with van der Waals surface area (Å²) >= 11 is 3.04. The summed E-state index contributed by atoms with van der Waals surface area (Å²) in [7, 11) is 1.77. The van der Waals surface area contributed by atoms with Gasteiger partial charge in [0.05, 0.1) is 11.1 Å². The molecule has 2 heterocycles. The predicted octanol–water partition coefficient (Wildman–Crippen LogP) is 4.39. The maximum atomic E-state index is 13.0. The number of hydrogen-bond donors (Lipinski definition) is 0. The molecule has 1 aliphatic rings. The van der Waals surface area contributed by atoms with Crippen molar-refractivity contribution in [2.75, 3.05) is 5.75 Å². The first-order valence-electron chi connectivity index (χ1n) is 10.3. The second kappa shape index (κ2) is 8.99. The number of thioether (sulfide) groups is 1. The number of amides is 1. The molecule has 0 saturated heterocycles. The van der Waals surface area contributed by atoms with Crippen LogP contribution in [0.5, 0.6) is 0 Å². The predicted molar refractivity (Wildman–Crippen MR) is 119 cm³/mol. The van der Waals surface area contributed by atoms with Gasteiger partial charge in [0.1, 0.15) is 4.83 Å². The molecule has 154 valence electrons. The smallest absolute Gasteiger partial charge is 0.262 e. The monoisotopic (exact) mass is 421 g/mol. The minimum Gasteiger partial charge on any atom is -0.337 e. The lowest BCUT2D eigenvalue weighted by Gasteiger charge is -2.34. The zero-order chi connectivity index (χ0) is 20.4. The molecular formula is C21H31N3O2S2. The van der Waals surface area contributed by atoms with Crippen LogP contribution in [-0.4, -0.2) is 38.2 Å². The number of carbonyl (C=O) groups is 1. The van der Waals surface area contributed by atoms with Gasteiger partial charge in [-0.1, -0.05) is 25.6 Å². The van der Waals surface area contributed by atoms with E-state index in [1.165, 1.54) is 28.6 Å². The van der Waals surface area contributed by atoms with Crippen molar-refractivity contribution in [3.8, 4) is 0 Å². The summed E-state index contributed by atoms with van der Waals surface area (Å²) in [6.45, 7) is 8.42. The molecule has 0 N–H and O–H groups in total. The van der Waals surface area contributed by atoms with Crippen LogP contribution in [0.4, 0.5) is 0 Å². The van der Waals surface area contributed by atoms with Crippen LogP contribution in [-0.2, 0) is 24.7 Å². The summed E-state index contributed by atoms with van der Waals surface area (Å²) in [4.78, 5) is 34.9. The van der Waals surface area contributed by atoms with Gasteiger partial charge in [-0.25, -0.2) is 4.98 Å². The fourth-order valence-electron chi connectivity index (χ4n) is 3.92. The molecule has 0 fully saturated rings. The van der Waals surface area contributed by atoms with E-state index in [9.17, 15) is 9.59 Å². The Morgan fingerprint density at radius 3 is 2.50 bits per heavy atom. The first-order valence-corrected chi connectivity index (χ1v) is 12.1. The molecule has 1 aliphatic carbocycles. The molecule has 0 spiro atoms. The fourth-order valence-corrected chi connectivity index (χ4v) is 6.06. The highest BCUT2D eigenvalue weighted by molar-refractivity contribution is 7.99. The zero-order valence-electron chi connectivity index (χ0n) is 17.6. The molecule has 0 bridgehead atoms. The van der Waals surface area contributed by atoms with Gasteiger partial charge in [-0.15, -0.1) is 11.3 Å². The van der Waals surface area contributed by atoms with Crippen molar-refractivity contribution in [3.63, 3.8) is 0 Å². The van der Waals surface area contributed by atoms with Gasteiger partial charge in [-0.2, -0.15) is 0 Å². The third-order valence-electron chi connectivity index (χ3n) is 5.90. The third-order valence-corrected chi connectivity index (χ3v) is 8.10.